The summed E-state index contributed by atoms with van der Waals surface area (Å²) in [6, 6.07) is 12.6. The number of hydrogen-bond acceptors (Lipinski definition) is 2. The molecule has 0 atom stereocenters. The van der Waals surface area contributed by atoms with Gasteiger partial charge in [0.15, 0.2) is 0 Å². The molecule has 3 heteroatoms. The van der Waals surface area contributed by atoms with Crippen LogP contribution in [0.15, 0.2) is 30.3 Å². The lowest BCUT2D eigenvalue weighted by Gasteiger charge is -2.28. The van der Waals surface area contributed by atoms with Crippen LogP contribution in [0.2, 0.25) is 0 Å². The molecular weight excluding hydrogens is 236 g/mol. The molecule has 0 saturated heterocycles. The van der Waals surface area contributed by atoms with Crippen molar-refractivity contribution < 1.29 is 4.79 Å². The predicted molar refractivity (Wildman–Crippen MR) is 74.4 cm³/mol. The quantitative estimate of drug-likeness (QED) is 0.842. The minimum atomic E-state index is 0.0183. The third-order valence-electron chi connectivity index (χ3n) is 3.96. The van der Waals surface area contributed by atoms with Crippen molar-refractivity contribution >= 4 is 5.91 Å². The number of carbonyl (C=O) groups is 1. The Bertz CT molecular complexity index is 442. The zero-order valence-electron chi connectivity index (χ0n) is 11.1. The number of nitrogens with one attached hydrogen (secondary N) is 1. The van der Waals surface area contributed by atoms with E-state index in [1.807, 2.05) is 6.07 Å². The average molecular weight is 256 g/mol. The van der Waals surface area contributed by atoms with E-state index < -0.39 is 0 Å². The third kappa shape index (κ3) is 4.10. The Morgan fingerprint density at radius 2 is 1.89 bits per heavy atom. The van der Waals surface area contributed by atoms with Crippen molar-refractivity contribution in [3.63, 3.8) is 0 Å². The maximum atomic E-state index is 11.6. The van der Waals surface area contributed by atoms with Gasteiger partial charge in [0.05, 0.1) is 6.07 Å². The van der Waals surface area contributed by atoms with Gasteiger partial charge >= 0.3 is 0 Å². The van der Waals surface area contributed by atoms with Crippen LogP contribution in [0.5, 0.6) is 0 Å². The van der Waals surface area contributed by atoms with E-state index in [0.717, 1.165) is 12.8 Å². The van der Waals surface area contributed by atoms with Crippen LogP contribution >= 0.6 is 0 Å². The van der Waals surface area contributed by atoms with Crippen LogP contribution in [0.1, 0.15) is 43.6 Å². The van der Waals surface area contributed by atoms with Gasteiger partial charge in [-0.1, -0.05) is 30.3 Å². The van der Waals surface area contributed by atoms with Gasteiger partial charge in [0.2, 0.25) is 5.91 Å². The fraction of sp³-hybridized carbons (Fsp3) is 0.500. The molecule has 0 spiro atoms. The molecule has 1 N–H and O–H groups in total. The number of amides is 1. The van der Waals surface area contributed by atoms with Gasteiger partial charge in [-0.3, -0.25) is 4.79 Å². The van der Waals surface area contributed by atoms with Crippen LogP contribution in [-0.4, -0.2) is 12.5 Å². The summed E-state index contributed by atoms with van der Waals surface area (Å²) in [4.78, 5) is 11.6. The lowest BCUT2D eigenvalue weighted by Crippen LogP contribution is -2.27. The Morgan fingerprint density at radius 3 is 2.53 bits per heavy atom. The fourth-order valence-electron chi connectivity index (χ4n) is 2.90. The van der Waals surface area contributed by atoms with E-state index in [9.17, 15) is 4.79 Å². The Kier molecular flexibility index (Phi) is 4.97. The first-order valence-electron chi connectivity index (χ1n) is 6.98. The monoisotopic (exact) mass is 256 g/mol. The second-order valence-electron chi connectivity index (χ2n) is 5.27. The Balaban J connectivity index is 1.77. The summed E-state index contributed by atoms with van der Waals surface area (Å²) in [5, 5.41) is 11.0. The van der Waals surface area contributed by atoms with Crippen molar-refractivity contribution in [2.45, 2.75) is 38.0 Å². The van der Waals surface area contributed by atoms with Gasteiger partial charge in [0.1, 0.15) is 6.54 Å². The Labute approximate surface area is 114 Å². The van der Waals surface area contributed by atoms with Crippen molar-refractivity contribution in [1.82, 2.24) is 5.32 Å². The first kappa shape index (κ1) is 13.6. The molecule has 0 aliphatic heterocycles. The first-order chi connectivity index (χ1) is 9.29. The molecule has 19 heavy (non-hydrogen) atoms. The minimum absolute atomic E-state index is 0.0183. The molecule has 0 aromatic heterocycles. The topological polar surface area (TPSA) is 52.9 Å². The highest BCUT2D eigenvalue weighted by atomic mass is 16.1. The molecule has 100 valence electrons. The maximum Gasteiger partial charge on any atom is 0.221 e. The molecule has 1 fully saturated rings. The molecule has 1 aromatic rings. The van der Waals surface area contributed by atoms with Crippen LogP contribution in [-0.2, 0) is 4.79 Å². The van der Waals surface area contributed by atoms with Crippen LogP contribution in [0.4, 0.5) is 0 Å². The Morgan fingerprint density at radius 1 is 1.21 bits per heavy atom. The molecule has 1 amide bonds. The highest BCUT2D eigenvalue weighted by molar-refractivity contribution is 5.76. The van der Waals surface area contributed by atoms with Gasteiger partial charge in [-0.25, -0.2) is 0 Å². The van der Waals surface area contributed by atoms with Crippen molar-refractivity contribution in [2.75, 3.05) is 6.54 Å². The molecule has 1 aromatic carbocycles. The second-order valence-corrected chi connectivity index (χ2v) is 5.27. The summed E-state index contributed by atoms with van der Waals surface area (Å²) in [6.45, 7) is 0.123. The number of nitrogens with zero attached hydrogens (tertiary/aromatic N) is 1. The van der Waals surface area contributed by atoms with E-state index in [4.69, 9.17) is 5.26 Å². The van der Waals surface area contributed by atoms with Crippen LogP contribution < -0.4 is 5.32 Å². The number of rotatable bonds is 4. The Hall–Kier alpha value is -1.82. The summed E-state index contributed by atoms with van der Waals surface area (Å²) in [5.74, 6) is 1.16. The normalized spacial score (nSPS) is 22.5. The van der Waals surface area contributed by atoms with Gasteiger partial charge in [0, 0.05) is 6.42 Å². The van der Waals surface area contributed by atoms with Crippen LogP contribution in [0.25, 0.3) is 0 Å². The maximum absolute atomic E-state index is 11.6. The molecular formula is C16H20N2O. The number of hydrogen-bond donors (Lipinski definition) is 1. The van der Waals surface area contributed by atoms with Crippen molar-refractivity contribution in [3.05, 3.63) is 35.9 Å². The van der Waals surface area contributed by atoms with Crippen molar-refractivity contribution in [1.29, 1.82) is 5.26 Å². The summed E-state index contributed by atoms with van der Waals surface area (Å²) in [7, 11) is 0. The molecule has 3 nitrogen and oxygen atoms in total. The largest absolute Gasteiger partial charge is 0.343 e. The fourth-order valence-corrected chi connectivity index (χ4v) is 2.90. The summed E-state index contributed by atoms with van der Waals surface area (Å²) in [5.41, 5.74) is 1.43. The molecule has 1 aliphatic carbocycles. The first-order valence-corrected chi connectivity index (χ1v) is 6.98. The lowest BCUT2D eigenvalue weighted by atomic mass is 9.77. The number of benzene rings is 1. The number of carbonyl (C=O) groups excluding carboxylic acids is 1. The van der Waals surface area contributed by atoms with Crippen molar-refractivity contribution in [2.24, 2.45) is 5.92 Å². The SMILES string of the molecule is N#CCNC(=O)CC1CCC(c2ccccc2)CC1. The minimum Gasteiger partial charge on any atom is -0.343 e. The van der Waals surface area contributed by atoms with Gasteiger partial charge in [0.25, 0.3) is 0 Å². The molecule has 2 rings (SSSR count). The second kappa shape index (κ2) is 6.94. The number of nitriles is 1. The van der Waals surface area contributed by atoms with Crippen molar-refractivity contribution in [3.8, 4) is 6.07 Å². The van der Waals surface area contributed by atoms with E-state index in [2.05, 4.69) is 35.6 Å². The molecule has 0 heterocycles. The van der Waals surface area contributed by atoms with Gasteiger partial charge in [-0.2, -0.15) is 5.26 Å². The highest BCUT2D eigenvalue weighted by Gasteiger charge is 2.23. The van der Waals surface area contributed by atoms with Crippen LogP contribution in [0, 0.1) is 17.2 Å². The van der Waals surface area contributed by atoms with E-state index in [1.54, 1.807) is 0 Å². The van der Waals surface area contributed by atoms with E-state index in [1.165, 1.54) is 18.4 Å². The highest BCUT2D eigenvalue weighted by Crippen LogP contribution is 2.36. The predicted octanol–water partition coefficient (Wildman–Crippen LogP) is 2.99. The zero-order chi connectivity index (χ0) is 13.5. The van der Waals surface area contributed by atoms with E-state index in [0.29, 0.717) is 18.3 Å². The molecule has 0 unspecified atom stereocenters. The lowest BCUT2D eigenvalue weighted by molar-refractivity contribution is -0.122. The van der Waals surface area contributed by atoms with Gasteiger partial charge < -0.3 is 5.32 Å². The molecule has 1 aliphatic rings. The standard InChI is InChI=1S/C16H20N2O/c17-10-11-18-16(19)12-13-6-8-15(9-7-13)14-4-2-1-3-5-14/h1-5,13,15H,6-9,11-12H2,(H,18,19). The summed E-state index contributed by atoms with van der Waals surface area (Å²) >= 11 is 0. The summed E-state index contributed by atoms with van der Waals surface area (Å²) < 4.78 is 0. The van der Waals surface area contributed by atoms with Crippen LogP contribution in [0.3, 0.4) is 0 Å². The molecule has 0 bridgehead atoms. The van der Waals surface area contributed by atoms with Gasteiger partial charge in [-0.15, -0.1) is 0 Å². The summed E-state index contributed by atoms with van der Waals surface area (Å²) in [6.07, 6.45) is 5.13. The van der Waals surface area contributed by atoms with E-state index in [-0.39, 0.29) is 12.5 Å². The smallest absolute Gasteiger partial charge is 0.221 e. The van der Waals surface area contributed by atoms with E-state index >= 15 is 0 Å². The molecule has 0 radical (unpaired) electrons. The third-order valence-corrected chi connectivity index (χ3v) is 3.96. The van der Waals surface area contributed by atoms with Gasteiger partial charge in [-0.05, 0) is 43.1 Å². The average Bonchev–Trinajstić information content (AvgIpc) is 2.47. The zero-order valence-corrected chi connectivity index (χ0v) is 11.1. The molecule has 1 saturated carbocycles.